The predicted octanol–water partition coefficient (Wildman–Crippen LogP) is 6.14. The number of fused-ring (bicyclic) bond motifs is 3. The van der Waals surface area contributed by atoms with Gasteiger partial charge < -0.3 is 9.88 Å². The molecule has 2 atom stereocenters. The van der Waals surface area contributed by atoms with E-state index in [1.54, 1.807) is 0 Å². The Labute approximate surface area is 163 Å². The number of aromatic nitrogens is 2. The molecule has 134 valence electrons. The van der Waals surface area contributed by atoms with Crippen molar-refractivity contribution in [3.63, 3.8) is 0 Å². The van der Waals surface area contributed by atoms with Crippen molar-refractivity contribution in [2.75, 3.05) is 5.32 Å². The molecule has 4 heteroatoms. The van der Waals surface area contributed by atoms with E-state index in [-0.39, 0.29) is 12.1 Å². The molecule has 27 heavy (non-hydrogen) atoms. The molecule has 2 heterocycles. The van der Waals surface area contributed by atoms with Crippen LogP contribution in [0.25, 0.3) is 11.0 Å². The summed E-state index contributed by atoms with van der Waals surface area (Å²) in [7, 11) is 0. The Hall–Kier alpha value is -2.78. The van der Waals surface area contributed by atoms with Crippen LogP contribution in [-0.4, -0.2) is 9.55 Å². The standard InChI is InChI=1S/C23H20ClN3/c1-15-6-2-3-7-18(15)22-14-20(16-10-12-17(24)13-11-16)26-23-25-19-8-4-5-9-21(19)27(22)23/h2-13,20,22H,14H2,1H3,(H,25,26)/t20-,22-/m0/s1. The van der Waals surface area contributed by atoms with E-state index in [4.69, 9.17) is 16.6 Å². The SMILES string of the molecule is Cc1ccccc1[C@@H]1C[C@@H](c2ccc(Cl)cc2)Nc2nc3ccccc3n21. The molecule has 0 saturated carbocycles. The first-order valence-corrected chi connectivity index (χ1v) is 9.63. The fourth-order valence-electron chi connectivity index (χ4n) is 4.15. The highest BCUT2D eigenvalue weighted by Gasteiger charge is 2.31. The Morgan fingerprint density at radius 1 is 0.963 bits per heavy atom. The van der Waals surface area contributed by atoms with E-state index in [1.165, 1.54) is 22.2 Å². The van der Waals surface area contributed by atoms with Gasteiger partial charge in [0.2, 0.25) is 5.95 Å². The van der Waals surface area contributed by atoms with E-state index in [1.807, 2.05) is 18.2 Å². The van der Waals surface area contributed by atoms with E-state index in [0.717, 1.165) is 22.9 Å². The molecule has 1 aliphatic heterocycles. The lowest BCUT2D eigenvalue weighted by molar-refractivity contribution is 0.476. The summed E-state index contributed by atoms with van der Waals surface area (Å²) in [4.78, 5) is 4.88. The molecular weight excluding hydrogens is 354 g/mol. The number of hydrogen-bond donors (Lipinski definition) is 1. The van der Waals surface area contributed by atoms with Crippen LogP contribution in [0.5, 0.6) is 0 Å². The van der Waals surface area contributed by atoms with E-state index >= 15 is 0 Å². The molecule has 0 unspecified atom stereocenters. The predicted molar refractivity (Wildman–Crippen MR) is 111 cm³/mol. The molecule has 0 saturated heterocycles. The maximum atomic E-state index is 6.09. The highest BCUT2D eigenvalue weighted by molar-refractivity contribution is 6.30. The maximum Gasteiger partial charge on any atom is 0.204 e. The summed E-state index contributed by atoms with van der Waals surface area (Å²) in [6.07, 6.45) is 0.958. The lowest BCUT2D eigenvalue weighted by atomic mass is 9.91. The van der Waals surface area contributed by atoms with E-state index < -0.39 is 0 Å². The Balaban J connectivity index is 1.68. The van der Waals surface area contributed by atoms with Crippen LogP contribution in [-0.2, 0) is 0 Å². The van der Waals surface area contributed by atoms with E-state index in [2.05, 4.69) is 71.4 Å². The molecule has 4 aromatic rings. The minimum absolute atomic E-state index is 0.191. The second kappa shape index (κ2) is 6.43. The molecule has 1 N–H and O–H groups in total. The van der Waals surface area contributed by atoms with Crippen molar-refractivity contribution in [3.8, 4) is 0 Å². The lowest BCUT2D eigenvalue weighted by Crippen LogP contribution is -2.27. The molecule has 5 rings (SSSR count). The topological polar surface area (TPSA) is 29.9 Å². The third kappa shape index (κ3) is 2.79. The number of aryl methyl sites for hydroxylation is 1. The molecule has 3 nitrogen and oxygen atoms in total. The molecular formula is C23H20ClN3. The van der Waals surface area contributed by atoms with E-state index in [0.29, 0.717) is 0 Å². The van der Waals surface area contributed by atoms with E-state index in [9.17, 15) is 0 Å². The largest absolute Gasteiger partial charge is 0.349 e. The van der Waals surface area contributed by atoms with Gasteiger partial charge in [0.1, 0.15) is 0 Å². The van der Waals surface area contributed by atoms with Gasteiger partial charge in [-0.1, -0.05) is 60.1 Å². The van der Waals surface area contributed by atoms with Crippen LogP contribution in [0, 0.1) is 6.92 Å². The van der Waals surface area contributed by atoms with Crippen LogP contribution in [0.4, 0.5) is 5.95 Å². The summed E-state index contributed by atoms with van der Waals surface area (Å²) in [6.45, 7) is 2.19. The number of anilines is 1. The second-order valence-corrected chi connectivity index (χ2v) is 7.59. The normalized spacial score (nSPS) is 18.9. The molecule has 1 aliphatic rings. The molecule has 0 aliphatic carbocycles. The zero-order chi connectivity index (χ0) is 18.4. The highest BCUT2D eigenvalue weighted by atomic mass is 35.5. The van der Waals surface area contributed by atoms with Crippen molar-refractivity contribution in [3.05, 3.63) is 94.5 Å². The first kappa shape index (κ1) is 16.4. The third-order valence-electron chi connectivity index (χ3n) is 5.49. The van der Waals surface area contributed by atoms with Gasteiger partial charge in [-0.3, -0.25) is 0 Å². The number of para-hydroxylation sites is 2. The van der Waals surface area contributed by atoms with Crippen molar-refractivity contribution in [2.45, 2.75) is 25.4 Å². The number of rotatable bonds is 2. The van der Waals surface area contributed by atoms with Gasteiger partial charge in [0.25, 0.3) is 0 Å². The third-order valence-corrected chi connectivity index (χ3v) is 5.74. The van der Waals surface area contributed by atoms with Crippen LogP contribution in [0.3, 0.4) is 0 Å². The monoisotopic (exact) mass is 373 g/mol. The average Bonchev–Trinajstić information content (AvgIpc) is 3.07. The Morgan fingerprint density at radius 2 is 1.70 bits per heavy atom. The number of nitrogens with one attached hydrogen (secondary N) is 1. The molecule has 0 radical (unpaired) electrons. The molecule has 1 aromatic heterocycles. The van der Waals surface area contributed by atoms with Gasteiger partial charge in [-0.25, -0.2) is 4.98 Å². The molecule has 0 fully saturated rings. The minimum atomic E-state index is 0.191. The van der Waals surface area contributed by atoms with Crippen LogP contribution in [0.1, 0.15) is 35.2 Å². The molecule has 0 amide bonds. The number of nitrogens with zero attached hydrogens (tertiary/aromatic N) is 2. The Kier molecular flexibility index (Phi) is 3.91. The van der Waals surface area contributed by atoms with Gasteiger partial charge in [0, 0.05) is 5.02 Å². The number of halogens is 1. The quantitative estimate of drug-likeness (QED) is 0.457. The van der Waals surface area contributed by atoms with Gasteiger partial charge in [0.15, 0.2) is 0 Å². The molecule has 0 spiro atoms. The van der Waals surface area contributed by atoms with Gasteiger partial charge in [-0.05, 0) is 54.3 Å². The zero-order valence-corrected chi connectivity index (χ0v) is 15.8. The summed E-state index contributed by atoms with van der Waals surface area (Å²) in [5, 5.41) is 4.41. The highest BCUT2D eigenvalue weighted by Crippen LogP contribution is 2.41. The van der Waals surface area contributed by atoms with Gasteiger partial charge in [-0.15, -0.1) is 0 Å². The average molecular weight is 374 g/mol. The summed E-state index contributed by atoms with van der Waals surface area (Å²) in [5.74, 6) is 0.927. The van der Waals surface area contributed by atoms with Crippen LogP contribution in [0.2, 0.25) is 5.02 Å². The second-order valence-electron chi connectivity index (χ2n) is 7.15. The minimum Gasteiger partial charge on any atom is -0.349 e. The smallest absolute Gasteiger partial charge is 0.204 e. The summed E-state index contributed by atoms with van der Waals surface area (Å²) < 4.78 is 2.35. The van der Waals surface area contributed by atoms with Crippen LogP contribution in [0.15, 0.2) is 72.8 Å². The first-order chi connectivity index (χ1) is 13.2. The summed E-state index contributed by atoms with van der Waals surface area (Å²) in [5.41, 5.74) is 6.08. The van der Waals surface area contributed by atoms with Crippen LogP contribution >= 0.6 is 11.6 Å². The number of hydrogen-bond acceptors (Lipinski definition) is 2. The number of benzene rings is 3. The Morgan fingerprint density at radius 3 is 2.52 bits per heavy atom. The summed E-state index contributed by atoms with van der Waals surface area (Å²) in [6, 6.07) is 25.6. The Bertz CT molecular complexity index is 1110. The van der Waals surface area contributed by atoms with Crippen molar-refractivity contribution >= 4 is 28.6 Å². The van der Waals surface area contributed by atoms with Crippen LogP contribution < -0.4 is 5.32 Å². The maximum absolute atomic E-state index is 6.09. The number of imidazole rings is 1. The lowest BCUT2D eigenvalue weighted by Gasteiger charge is -2.34. The molecule has 0 bridgehead atoms. The first-order valence-electron chi connectivity index (χ1n) is 9.25. The molecule has 3 aromatic carbocycles. The van der Waals surface area contributed by atoms with Crippen molar-refractivity contribution in [1.29, 1.82) is 0 Å². The van der Waals surface area contributed by atoms with Gasteiger partial charge in [0.05, 0.1) is 23.1 Å². The zero-order valence-electron chi connectivity index (χ0n) is 15.1. The van der Waals surface area contributed by atoms with Gasteiger partial charge in [-0.2, -0.15) is 0 Å². The fraction of sp³-hybridized carbons (Fsp3) is 0.174. The summed E-state index contributed by atoms with van der Waals surface area (Å²) >= 11 is 6.09. The van der Waals surface area contributed by atoms with Crippen molar-refractivity contribution in [1.82, 2.24) is 9.55 Å². The fourth-order valence-corrected chi connectivity index (χ4v) is 4.27. The van der Waals surface area contributed by atoms with Crippen molar-refractivity contribution < 1.29 is 0 Å². The van der Waals surface area contributed by atoms with Crippen molar-refractivity contribution in [2.24, 2.45) is 0 Å². The van der Waals surface area contributed by atoms with Gasteiger partial charge >= 0.3 is 0 Å².